The highest BCUT2D eigenvalue weighted by Crippen LogP contribution is 2.15. The summed E-state index contributed by atoms with van der Waals surface area (Å²) in [5.74, 6) is 0.108. The predicted octanol–water partition coefficient (Wildman–Crippen LogP) is 1.52. The normalized spacial score (nSPS) is 9.89. The van der Waals surface area contributed by atoms with Crippen molar-refractivity contribution in [3.05, 3.63) is 47.7 Å². The number of hydrogen-bond donors (Lipinski definition) is 2. The maximum absolute atomic E-state index is 11.9. The lowest BCUT2D eigenvalue weighted by atomic mass is 10.2. The molecule has 2 aromatic rings. The van der Waals surface area contributed by atoms with Gasteiger partial charge in [-0.25, -0.2) is 4.98 Å². The van der Waals surface area contributed by atoms with Crippen molar-refractivity contribution in [3.8, 4) is 6.07 Å². The zero-order chi connectivity index (χ0) is 13.7. The van der Waals surface area contributed by atoms with Gasteiger partial charge in [0.05, 0.1) is 24.0 Å². The van der Waals surface area contributed by atoms with Crippen molar-refractivity contribution in [3.63, 3.8) is 0 Å². The second-order valence-corrected chi connectivity index (χ2v) is 3.76. The van der Waals surface area contributed by atoms with Crippen LogP contribution in [-0.2, 0) is 6.54 Å². The van der Waals surface area contributed by atoms with Gasteiger partial charge in [-0.3, -0.25) is 4.79 Å². The van der Waals surface area contributed by atoms with Gasteiger partial charge in [0.1, 0.15) is 6.07 Å². The van der Waals surface area contributed by atoms with Crippen LogP contribution in [0.25, 0.3) is 0 Å². The molecule has 0 aliphatic carbocycles. The third-order valence-corrected chi connectivity index (χ3v) is 2.40. The topological polar surface area (TPSA) is 91.0 Å². The molecule has 2 rings (SSSR count). The number of rotatable bonds is 4. The summed E-state index contributed by atoms with van der Waals surface area (Å²) in [6.45, 7) is 0.446. The second-order valence-electron chi connectivity index (χ2n) is 3.76. The molecule has 1 heterocycles. The SMILES string of the molecule is CNCc1ncc(C(=O)Nc2ccccc2C#N)o1. The van der Waals surface area contributed by atoms with E-state index in [4.69, 9.17) is 9.68 Å². The van der Waals surface area contributed by atoms with Gasteiger partial charge in [-0.1, -0.05) is 12.1 Å². The van der Waals surface area contributed by atoms with Crippen molar-refractivity contribution in [2.75, 3.05) is 12.4 Å². The Morgan fingerprint density at radius 3 is 3.00 bits per heavy atom. The van der Waals surface area contributed by atoms with E-state index >= 15 is 0 Å². The lowest BCUT2D eigenvalue weighted by Crippen LogP contribution is -2.12. The Balaban J connectivity index is 2.14. The lowest BCUT2D eigenvalue weighted by molar-refractivity contribution is 0.0994. The standard InChI is InChI=1S/C13H12N4O2/c1-15-8-12-16-7-11(19-12)13(18)17-10-5-3-2-4-9(10)6-14/h2-5,7,15H,8H2,1H3,(H,17,18). The number of nitrogens with one attached hydrogen (secondary N) is 2. The van der Waals surface area contributed by atoms with Gasteiger partial charge in [0, 0.05) is 0 Å². The summed E-state index contributed by atoms with van der Waals surface area (Å²) in [5, 5.41) is 14.4. The fourth-order valence-electron chi connectivity index (χ4n) is 1.52. The number of amides is 1. The summed E-state index contributed by atoms with van der Waals surface area (Å²) >= 11 is 0. The number of nitriles is 1. The van der Waals surface area contributed by atoms with Gasteiger partial charge in [0.15, 0.2) is 0 Å². The number of nitrogens with zero attached hydrogens (tertiary/aromatic N) is 2. The van der Waals surface area contributed by atoms with Gasteiger partial charge in [0.25, 0.3) is 5.91 Å². The molecule has 0 radical (unpaired) electrons. The molecular formula is C13H12N4O2. The number of carbonyl (C=O) groups is 1. The number of aromatic nitrogens is 1. The van der Waals surface area contributed by atoms with Gasteiger partial charge in [-0.2, -0.15) is 5.26 Å². The maximum atomic E-state index is 11.9. The Bertz CT molecular complexity index is 628. The fraction of sp³-hybridized carbons (Fsp3) is 0.154. The molecule has 0 aliphatic heterocycles. The molecule has 0 unspecified atom stereocenters. The quantitative estimate of drug-likeness (QED) is 0.865. The largest absolute Gasteiger partial charge is 0.434 e. The van der Waals surface area contributed by atoms with Crippen LogP contribution >= 0.6 is 0 Å². The van der Waals surface area contributed by atoms with E-state index in [-0.39, 0.29) is 5.76 Å². The van der Waals surface area contributed by atoms with Crippen LogP contribution in [0.2, 0.25) is 0 Å². The molecule has 0 spiro atoms. The Labute approximate surface area is 110 Å². The van der Waals surface area contributed by atoms with Crippen molar-refractivity contribution in [1.82, 2.24) is 10.3 Å². The summed E-state index contributed by atoms with van der Waals surface area (Å²) in [6, 6.07) is 8.76. The van der Waals surface area contributed by atoms with Crippen molar-refractivity contribution in [2.45, 2.75) is 6.54 Å². The minimum Gasteiger partial charge on any atom is -0.434 e. The van der Waals surface area contributed by atoms with Crippen LogP contribution in [-0.4, -0.2) is 17.9 Å². The van der Waals surface area contributed by atoms with E-state index in [9.17, 15) is 4.79 Å². The molecule has 0 atom stereocenters. The van der Waals surface area contributed by atoms with Crippen molar-refractivity contribution >= 4 is 11.6 Å². The summed E-state index contributed by atoms with van der Waals surface area (Å²) in [5.41, 5.74) is 0.840. The number of oxazole rings is 1. The Kier molecular flexibility index (Phi) is 3.90. The van der Waals surface area contributed by atoms with E-state index in [1.165, 1.54) is 6.20 Å². The van der Waals surface area contributed by atoms with Crippen LogP contribution in [0.1, 0.15) is 22.0 Å². The van der Waals surface area contributed by atoms with Gasteiger partial charge >= 0.3 is 0 Å². The number of anilines is 1. The first-order valence-corrected chi connectivity index (χ1v) is 5.64. The minimum atomic E-state index is -0.433. The summed E-state index contributed by atoms with van der Waals surface area (Å²) < 4.78 is 5.26. The van der Waals surface area contributed by atoms with Crippen LogP contribution in [0, 0.1) is 11.3 Å². The summed E-state index contributed by atoms with van der Waals surface area (Å²) in [6.07, 6.45) is 1.36. The average molecular weight is 256 g/mol. The first-order chi connectivity index (χ1) is 9.24. The molecule has 0 saturated carbocycles. The molecule has 0 fully saturated rings. The zero-order valence-electron chi connectivity index (χ0n) is 10.3. The highest BCUT2D eigenvalue weighted by atomic mass is 16.4. The number of carbonyl (C=O) groups excluding carboxylic acids is 1. The van der Waals surface area contributed by atoms with Crippen LogP contribution in [0.5, 0.6) is 0 Å². The number of para-hydroxylation sites is 1. The Morgan fingerprint density at radius 2 is 2.26 bits per heavy atom. The van der Waals surface area contributed by atoms with Gasteiger partial charge in [-0.15, -0.1) is 0 Å². The third kappa shape index (κ3) is 2.97. The van der Waals surface area contributed by atoms with E-state index < -0.39 is 5.91 Å². The van der Waals surface area contributed by atoms with E-state index in [0.717, 1.165) is 0 Å². The first kappa shape index (κ1) is 12.8. The van der Waals surface area contributed by atoms with E-state index in [1.54, 1.807) is 31.3 Å². The molecule has 0 bridgehead atoms. The molecule has 1 amide bonds. The molecule has 0 aliphatic rings. The molecule has 6 nitrogen and oxygen atoms in total. The minimum absolute atomic E-state index is 0.109. The second kappa shape index (κ2) is 5.80. The average Bonchev–Trinajstić information content (AvgIpc) is 2.88. The van der Waals surface area contributed by atoms with E-state index in [0.29, 0.717) is 23.7 Å². The molecule has 1 aromatic heterocycles. The molecule has 2 N–H and O–H groups in total. The number of benzene rings is 1. The molecule has 0 saturated heterocycles. The molecule has 19 heavy (non-hydrogen) atoms. The first-order valence-electron chi connectivity index (χ1n) is 5.64. The van der Waals surface area contributed by atoms with Crippen LogP contribution in [0.3, 0.4) is 0 Å². The highest BCUT2D eigenvalue weighted by Gasteiger charge is 2.13. The summed E-state index contributed by atoms with van der Waals surface area (Å²) in [7, 11) is 1.76. The van der Waals surface area contributed by atoms with Crippen LogP contribution < -0.4 is 10.6 Å². The Hall–Kier alpha value is -2.65. The molecule has 1 aromatic carbocycles. The summed E-state index contributed by atoms with van der Waals surface area (Å²) in [4.78, 5) is 15.9. The fourth-order valence-corrected chi connectivity index (χ4v) is 1.52. The lowest BCUT2D eigenvalue weighted by Gasteiger charge is -2.04. The third-order valence-electron chi connectivity index (χ3n) is 2.40. The van der Waals surface area contributed by atoms with Crippen LogP contribution in [0.15, 0.2) is 34.9 Å². The number of hydrogen-bond acceptors (Lipinski definition) is 5. The van der Waals surface area contributed by atoms with E-state index in [2.05, 4.69) is 15.6 Å². The van der Waals surface area contributed by atoms with Gasteiger partial charge in [-0.05, 0) is 19.2 Å². The maximum Gasteiger partial charge on any atom is 0.293 e. The Morgan fingerprint density at radius 1 is 1.47 bits per heavy atom. The molecule has 6 heteroatoms. The predicted molar refractivity (Wildman–Crippen MR) is 68.4 cm³/mol. The molecular weight excluding hydrogens is 244 g/mol. The van der Waals surface area contributed by atoms with E-state index in [1.807, 2.05) is 6.07 Å². The highest BCUT2D eigenvalue weighted by molar-refractivity contribution is 6.02. The van der Waals surface area contributed by atoms with Crippen molar-refractivity contribution in [2.24, 2.45) is 0 Å². The van der Waals surface area contributed by atoms with Crippen molar-refractivity contribution < 1.29 is 9.21 Å². The molecule has 96 valence electrons. The van der Waals surface area contributed by atoms with Crippen molar-refractivity contribution in [1.29, 1.82) is 5.26 Å². The monoisotopic (exact) mass is 256 g/mol. The zero-order valence-corrected chi connectivity index (χ0v) is 10.3. The van der Waals surface area contributed by atoms with Gasteiger partial charge < -0.3 is 15.1 Å². The van der Waals surface area contributed by atoms with Crippen LogP contribution in [0.4, 0.5) is 5.69 Å². The van der Waals surface area contributed by atoms with Gasteiger partial charge in [0.2, 0.25) is 11.7 Å². The smallest absolute Gasteiger partial charge is 0.293 e.